The number of rotatable bonds is 2. The first-order valence-corrected chi connectivity index (χ1v) is 5.96. The van der Waals surface area contributed by atoms with Gasteiger partial charge in [-0.15, -0.1) is 0 Å². The molecule has 0 aromatic carbocycles. The molecule has 1 aliphatic carbocycles. The summed E-state index contributed by atoms with van der Waals surface area (Å²) in [5.41, 5.74) is 0.0549. The first-order valence-electron chi connectivity index (χ1n) is 5.58. The molecule has 0 atom stereocenters. The SMILES string of the molecule is COc1ncc(C2(O)CCCCC2)cc1Cl. The monoisotopic (exact) mass is 241 g/mol. The summed E-state index contributed by atoms with van der Waals surface area (Å²) in [6, 6.07) is 1.76. The molecule has 3 nitrogen and oxygen atoms in total. The maximum Gasteiger partial charge on any atom is 0.232 e. The van der Waals surface area contributed by atoms with E-state index in [4.69, 9.17) is 16.3 Å². The lowest BCUT2D eigenvalue weighted by molar-refractivity contribution is -0.000975. The minimum atomic E-state index is -0.749. The van der Waals surface area contributed by atoms with Crippen molar-refractivity contribution in [3.63, 3.8) is 0 Å². The van der Waals surface area contributed by atoms with Gasteiger partial charge in [0.05, 0.1) is 12.7 Å². The Hall–Kier alpha value is -0.800. The molecule has 0 spiro atoms. The summed E-state index contributed by atoms with van der Waals surface area (Å²) in [5.74, 6) is 0.407. The summed E-state index contributed by atoms with van der Waals surface area (Å²) < 4.78 is 5.00. The number of nitrogens with zero attached hydrogens (tertiary/aromatic N) is 1. The number of aliphatic hydroxyl groups is 1. The molecule has 1 heterocycles. The fourth-order valence-corrected chi connectivity index (χ4v) is 2.50. The average molecular weight is 242 g/mol. The smallest absolute Gasteiger partial charge is 0.232 e. The van der Waals surface area contributed by atoms with Crippen molar-refractivity contribution in [2.75, 3.05) is 7.11 Å². The molecule has 0 saturated heterocycles. The van der Waals surface area contributed by atoms with Crippen molar-refractivity contribution in [2.24, 2.45) is 0 Å². The average Bonchev–Trinajstić information content (AvgIpc) is 2.30. The molecule has 0 amide bonds. The highest BCUT2D eigenvalue weighted by Crippen LogP contribution is 2.38. The van der Waals surface area contributed by atoms with Crippen LogP contribution in [0.15, 0.2) is 12.3 Å². The van der Waals surface area contributed by atoms with Crippen molar-refractivity contribution in [1.82, 2.24) is 4.98 Å². The summed E-state index contributed by atoms with van der Waals surface area (Å²) in [6.45, 7) is 0. The van der Waals surface area contributed by atoms with Gasteiger partial charge in [-0.2, -0.15) is 0 Å². The van der Waals surface area contributed by atoms with E-state index in [1.165, 1.54) is 13.5 Å². The predicted molar refractivity (Wildman–Crippen MR) is 62.8 cm³/mol. The van der Waals surface area contributed by atoms with Gasteiger partial charge in [0.1, 0.15) is 5.02 Å². The molecular formula is C12H16ClNO2. The van der Waals surface area contributed by atoms with Crippen LogP contribution in [0.3, 0.4) is 0 Å². The highest BCUT2D eigenvalue weighted by atomic mass is 35.5. The molecule has 0 unspecified atom stereocenters. The molecule has 0 bridgehead atoms. The van der Waals surface area contributed by atoms with Crippen LogP contribution in [-0.4, -0.2) is 17.2 Å². The summed E-state index contributed by atoms with van der Waals surface area (Å²) in [4.78, 5) is 4.10. The normalized spacial score (nSPS) is 19.4. The Kier molecular flexibility index (Phi) is 3.36. The maximum atomic E-state index is 10.5. The third-order valence-corrected chi connectivity index (χ3v) is 3.49. The molecule has 1 N–H and O–H groups in total. The second-order valence-corrected chi connectivity index (χ2v) is 4.71. The molecule has 88 valence electrons. The topological polar surface area (TPSA) is 42.4 Å². The van der Waals surface area contributed by atoms with Crippen LogP contribution < -0.4 is 4.74 Å². The van der Waals surface area contributed by atoms with E-state index in [2.05, 4.69) is 4.98 Å². The number of hydrogen-bond donors (Lipinski definition) is 1. The standard InChI is InChI=1S/C12H16ClNO2/c1-16-11-10(13)7-9(8-14-11)12(15)5-3-2-4-6-12/h7-8,15H,2-6H2,1H3. The van der Waals surface area contributed by atoms with Crippen molar-refractivity contribution < 1.29 is 9.84 Å². The number of methoxy groups -OCH3 is 1. The van der Waals surface area contributed by atoms with Gasteiger partial charge in [0.15, 0.2) is 0 Å². The van der Waals surface area contributed by atoms with Gasteiger partial charge in [-0.25, -0.2) is 4.98 Å². The number of pyridine rings is 1. The van der Waals surface area contributed by atoms with Crippen LogP contribution in [0.25, 0.3) is 0 Å². The first kappa shape index (κ1) is 11.7. The van der Waals surface area contributed by atoms with E-state index in [9.17, 15) is 5.11 Å². The minimum Gasteiger partial charge on any atom is -0.480 e. The highest BCUT2D eigenvalue weighted by molar-refractivity contribution is 6.31. The minimum absolute atomic E-state index is 0.407. The quantitative estimate of drug-likeness (QED) is 0.866. The fraction of sp³-hybridized carbons (Fsp3) is 0.583. The van der Waals surface area contributed by atoms with Crippen molar-refractivity contribution in [3.8, 4) is 5.88 Å². The molecule has 1 aromatic rings. The molecule has 16 heavy (non-hydrogen) atoms. The maximum absolute atomic E-state index is 10.5. The van der Waals surface area contributed by atoms with Gasteiger partial charge >= 0.3 is 0 Å². The zero-order valence-corrected chi connectivity index (χ0v) is 10.1. The van der Waals surface area contributed by atoms with E-state index >= 15 is 0 Å². The Bertz CT molecular complexity index is 375. The highest BCUT2D eigenvalue weighted by Gasteiger charge is 2.31. The van der Waals surface area contributed by atoms with Gasteiger partial charge in [0, 0.05) is 11.8 Å². The zero-order valence-electron chi connectivity index (χ0n) is 9.37. The van der Waals surface area contributed by atoms with E-state index in [1.807, 2.05) is 0 Å². The summed E-state index contributed by atoms with van der Waals surface area (Å²) >= 11 is 6.01. The zero-order chi connectivity index (χ0) is 11.6. The molecule has 4 heteroatoms. The van der Waals surface area contributed by atoms with Crippen LogP contribution in [-0.2, 0) is 5.60 Å². The summed E-state index contributed by atoms with van der Waals surface area (Å²) in [5, 5.41) is 10.9. The molecule has 1 saturated carbocycles. The number of halogens is 1. The molecule has 0 radical (unpaired) electrons. The second kappa shape index (κ2) is 4.60. The van der Waals surface area contributed by atoms with Crippen molar-refractivity contribution >= 4 is 11.6 Å². The summed E-state index contributed by atoms with van der Waals surface area (Å²) in [6.07, 6.45) is 6.55. The van der Waals surface area contributed by atoms with E-state index in [-0.39, 0.29) is 0 Å². The third kappa shape index (κ3) is 2.15. The lowest BCUT2D eigenvalue weighted by Crippen LogP contribution is -2.28. The molecule has 1 aliphatic rings. The van der Waals surface area contributed by atoms with E-state index in [1.54, 1.807) is 12.3 Å². The van der Waals surface area contributed by atoms with Crippen LogP contribution in [0, 0.1) is 0 Å². The van der Waals surface area contributed by atoms with E-state index < -0.39 is 5.60 Å². The Morgan fingerprint density at radius 3 is 2.62 bits per heavy atom. The van der Waals surface area contributed by atoms with Crippen molar-refractivity contribution in [3.05, 3.63) is 22.8 Å². The largest absolute Gasteiger partial charge is 0.480 e. The van der Waals surface area contributed by atoms with Crippen LogP contribution in [0.1, 0.15) is 37.7 Å². The Morgan fingerprint density at radius 2 is 2.06 bits per heavy atom. The summed E-state index contributed by atoms with van der Waals surface area (Å²) in [7, 11) is 1.53. The number of ether oxygens (including phenoxy) is 1. The number of hydrogen-bond acceptors (Lipinski definition) is 3. The van der Waals surface area contributed by atoms with Crippen LogP contribution >= 0.6 is 11.6 Å². The molecule has 0 aliphatic heterocycles. The Labute approximate surface area is 100 Å². The van der Waals surface area contributed by atoms with Gasteiger partial charge in [0.2, 0.25) is 5.88 Å². The van der Waals surface area contributed by atoms with Gasteiger partial charge < -0.3 is 9.84 Å². The fourth-order valence-electron chi connectivity index (χ4n) is 2.26. The van der Waals surface area contributed by atoms with E-state index in [0.29, 0.717) is 10.9 Å². The van der Waals surface area contributed by atoms with Crippen molar-refractivity contribution in [2.45, 2.75) is 37.7 Å². The van der Waals surface area contributed by atoms with Gasteiger partial charge in [-0.05, 0) is 18.9 Å². The van der Waals surface area contributed by atoms with Gasteiger partial charge in [-0.1, -0.05) is 30.9 Å². The number of aromatic nitrogens is 1. The Balaban J connectivity index is 2.29. The molecule has 1 aromatic heterocycles. The van der Waals surface area contributed by atoms with Crippen molar-refractivity contribution in [1.29, 1.82) is 0 Å². The van der Waals surface area contributed by atoms with Crippen LogP contribution in [0.5, 0.6) is 5.88 Å². The van der Waals surface area contributed by atoms with E-state index in [0.717, 1.165) is 31.2 Å². The molecule has 2 rings (SSSR count). The van der Waals surface area contributed by atoms with Crippen LogP contribution in [0.2, 0.25) is 5.02 Å². The lowest BCUT2D eigenvalue weighted by Gasteiger charge is -2.32. The van der Waals surface area contributed by atoms with Crippen LogP contribution in [0.4, 0.5) is 0 Å². The first-order chi connectivity index (χ1) is 7.65. The lowest BCUT2D eigenvalue weighted by atomic mass is 9.80. The predicted octanol–water partition coefficient (Wildman–Crippen LogP) is 2.90. The molecular weight excluding hydrogens is 226 g/mol. The Morgan fingerprint density at radius 1 is 1.38 bits per heavy atom. The van der Waals surface area contributed by atoms with Gasteiger partial charge in [0.25, 0.3) is 0 Å². The molecule has 1 fully saturated rings. The third-order valence-electron chi connectivity index (χ3n) is 3.22. The second-order valence-electron chi connectivity index (χ2n) is 4.31. The van der Waals surface area contributed by atoms with Gasteiger partial charge in [-0.3, -0.25) is 0 Å².